The molecule has 0 aliphatic carbocycles. The highest BCUT2D eigenvalue weighted by Gasteiger charge is 2.11. The Balaban J connectivity index is 0.00000181. The number of nitrogens with zero attached hydrogens (tertiary/aromatic N) is 1. The molecule has 0 radical (unpaired) electrons. The van der Waals surface area contributed by atoms with Crippen LogP contribution in [0.5, 0.6) is 0 Å². The number of amides is 1. The van der Waals surface area contributed by atoms with Gasteiger partial charge in [-0.2, -0.15) is 0 Å². The van der Waals surface area contributed by atoms with Crippen LogP contribution < -0.4 is 5.32 Å². The summed E-state index contributed by atoms with van der Waals surface area (Å²) in [5.41, 5.74) is 4.20. The van der Waals surface area contributed by atoms with Crippen LogP contribution in [0.1, 0.15) is 70.1 Å². The number of benzene rings is 2. The molecule has 1 aliphatic heterocycles. The van der Waals surface area contributed by atoms with Gasteiger partial charge in [-0.1, -0.05) is 75.4 Å². The van der Waals surface area contributed by atoms with Gasteiger partial charge in [0.25, 0.3) is 0 Å². The van der Waals surface area contributed by atoms with Crippen molar-refractivity contribution < 1.29 is 18.7 Å². The van der Waals surface area contributed by atoms with Crippen LogP contribution in [0.3, 0.4) is 0 Å². The van der Waals surface area contributed by atoms with E-state index >= 15 is 0 Å². The van der Waals surface area contributed by atoms with Crippen molar-refractivity contribution in [3.8, 4) is 0 Å². The average molecular weight is 537 g/mol. The van der Waals surface area contributed by atoms with Crippen molar-refractivity contribution in [2.75, 3.05) is 19.6 Å². The molecule has 1 heterocycles. The van der Waals surface area contributed by atoms with Gasteiger partial charge in [0.15, 0.2) is 0 Å². The van der Waals surface area contributed by atoms with Gasteiger partial charge in [-0.05, 0) is 75.0 Å². The van der Waals surface area contributed by atoms with E-state index in [2.05, 4.69) is 41.1 Å². The second-order valence-corrected chi connectivity index (χ2v) is 9.13. The first-order chi connectivity index (χ1) is 18.9. The molecular weight excluding hydrogens is 491 g/mol. The van der Waals surface area contributed by atoms with E-state index in [1.165, 1.54) is 50.0 Å². The molecule has 0 spiro atoms. The number of ether oxygens (including phenoxy) is 1. The molecular formula is C33H45FN2O3. The van der Waals surface area contributed by atoms with E-state index < -0.39 is 0 Å². The number of likely N-dealkylation sites (tertiary alicyclic amines) is 1. The van der Waals surface area contributed by atoms with Crippen LogP contribution in [-0.2, 0) is 27.3 Å². The fraction of sp³-hybridized carbons (Fsp3) is 0.394. The zero-order valence-electron chi connectivity index (χ0n) is 24.1. The van der Waals surface area contributed by atoms with Crippen molar-refractivity contribution in [2.24, 2.45) is 0 Å². The van der Waals surface area contributed by atoms with Crippen LogP contribution in [0.4, 0.5) is 4.39 Å². The normalized spacial score (nSPS) is 13.8. The van der Waals surface area contributed by atoms with Crippen LogP contribution in [0, 0.1) is 5.82 Å². The molecule has 6 heteroatoms. The molecule has 5 nitrogen and oxygen atoms in total. The minimum atomic E-state index is -0.254. The monoisotopic (exact) mass is 536 g/mol. The molecule has 1 amide bonds. The van der Waals surface area contributed by atoms with Crippen LogP contribution in [0.25, 0.3) is 5.76 Å². The van der Waals surface area contributed by atoms with Crippen molar-refractivity contribution in [1.82, 2.24) is 10.2 Å². The van der Waals surface area contributed by atoms with E-state index in [9.17, 15) is 9.18 Å². The van der Waals surface area contributed by atoms with Gasteiger partial charge in [-0.25, -0.2) is 4.39 Å². The second kappa shape index (κ2) is 19.5. The summed E-state index contributed by atoms with van der Waals surface area (Å²) in [6.45, 7) is 17.8. The third-order valence-electron chi connectivity index (χ3n) is 6.28. The average Bonchev–Trinajstić information content (AvgIpc) is 2.97. The smallest absolute Gasteiger partial charge is 0.223 e. The van der Waals surface area contributed by atoms with Gasteiger partial charge >= 0.3 is 0 Å². The Kier molecular flexibility index (Phi) is 16.8. The highest BCUT2D eigenvalue weighted by molar-refractivity contribution is 5.77. The molecule has 2 aromatic rings. The lowest BCUT2D eigenvalue weighted by Crippen LogP contribution is -2.29. The van der Waals surface area contributed by atoms with Crippen molar-refractivity contribution in [3.05, 3.63) is 101 Å². The van der Waals surface area contributed by atoms with E-state index in [-0.39, 0.29) is 18.1 Å². The summed E-state index contributed by atoms with van der Waals surface area (Å²) in [5, 5.41) is 2.88. The molecule has 39 heavy (non-hydrogen) atoms. The van der Waals surface area contributed by atoms with Crippen molar-refractivity contribution >= 4 is 18.5 Å². The topological polar surface area (TPSA) is 58.6 Å². The van der Waals surface area contributed by atoms with E-state index in [1.807, 2.05) is 46.6 Å². The number of hydrogen-bond donors (Lipinski definition) is 1. The minimum Gasteiger partial charge on any atom is -0.462 e. The number of halogens is 1. The number of nitrogens with one attached hydrogen (secondary N) is 1. The van der Waals surface area contributed by atoms with Crippen LogP contribution in [0.2, 0.25) is 0 Å². The summed E-state index contributed by atoms with van der Waals surface area (Å²) in [4.78, 5) is 22.6. The lowest BCUT2D eigenvalue weighted by atomic mass is 10.1. The molecule has 1 saturated heterocycles. The lowest BCUT2D eigenvalue weighted by Gasteiger charge is -2.26. The first kappa shape index (κ1) is 33.5. The molecule has 0 atom stereocenters. The largest absolute Gasteiger partial charge is 0.462 e. The molecule has 3 rings (SSSR count). The summed E-state index contributed by atoms with van der Waals surface area (Å²) < 4.78 is 18.9. The summed E-state index contributed by atoms with van der Waals surface area (Å²) in [6.07, 6.45) is 8.61. The fourth-order valence-corrected chi connectivity index (χ4v) is 4.03. The molecule has 1 aliphatic rings. The maximum absolute atomic E-state index is 12.9. The SMILES string of the molecule is C=C(O/C(C)=C(C)/C=C/CC(=O)NCCc1ccc(F)cc1)c1ccc(CN2CCCCC2)cc1.C=O.CC. The van der Waals surface area contributed by atoms with E-state index in [0.29, 0.717) is 18.7 Å². The number of allylic oxidation sites excluding steroid dienone is 3. The molecule has 212 valence electrons. The Morgan fingerprint density at radius 3 is 2.18 bits per heavy atom. The predicted octanol–water partition coefficient (Wildman–Crippen LogP) is 7.24. The molecule has 0 unspecified atom stereocenters. The van der Waals surface area contributed by atoms with Gasteiger partial charge in [0.1, 0.15) is 24.1 Å². The highest BCUT2D eigenvalue weighted by Crippen LogP contribution is 2.21. The van der Waals surface area contributed by atoms with Gasteiger partial charge in [-0.15, -0.1) is 0 Å². The Bertz CT molecular complexity index is 1050. The predicted molar refractivity (Wildman–Crippen MR) is 159 cm³/mol. The van der Waals surface area contributed by atoms with E-state index in [1.54, 1.807) is 12.1 Å². The molecule has 2 aromatic carbocycles. The maximum atomic E-state index is 12.9. The second-order valence-electron chi connectivity index (χ2n) is 9.13. The summed E-state index contributed by atoms with van der Waals surface area (Å²) in [5.74, 6) is 1.05. The third-order valence-corrected chi connectivity index (χ3v) is 6.28. The highest BCUT2D eigenvalue weighted by atomic mass is 19.1. The summed E-state index contributed by atoms with van der Waals surface area (Å²) in [7, 11) is 0. The Hall–Kier alpha value is -3.51. The van der Waals surface area contributed by atoms with Gasteiger partial charge in [-0.3, -0.25) is 9.69 Å². The van der Waals surface area contributed by atoms with Crippen LogP contribution in [-0.4, -0.2) is 37.2 Å². The number of carbonyl (C=O) groups excluding carboxylic acids is 2. The molecule has 0 bridgehead atoms. The Morgan fingerprint density at radius 1 is 0.974 bits per heavy atom. The van der Waals surface area contributed by atoms with Gasteiger partial charge in [0, 0.05) is 25.1 Å². The molecule has 0 saturated carbocycles. The summed E-state index contributed by atoms with van der Waals surface area (Å²) >= 11 is 0. The van der Waals surface area contributed by atoms with E-state index in [4.69, 9.17) is 9.53 Å². The Labute approximate surface area is 234 Å². The fourth-order valence-electron chi connectivity index (χ4n) is 4.03. The quantitative estimate of drug-likeness (QED) is 0.243. The van der Waals surface area contributed by atoms with Crippen molar-refractivity contribution in [2.45, 2.75) is 66.3 Å². The van der Waals surface area contributed by atoms with E-state index in [0.717, 1.165) is 29.0 Å². The van der Waals surface area contributed by atoms with Gasteiger partial charge in [0.05, 0.1) is 0 Å². The third kappa shape index (κ3) is 13.2. The number of rotatable bonds is 11. The minimum absolute atomic E-state index is 0.0521. The molecule has 1 N–H and O–H groups in total. The first-order valence-electron chi connectivity index (χ1n) is 13.7. The number of carbonyl (C=O) groups is 2. The zero-order chi connectivity index (χ0) is 29.0. The first-order valence-corrected chi connectivity index (χ1v) is 13.7. The molecule has 1 fully saturated rings. The van der Waals surface area contributed by atoms with Gasteiger partial charge < -0.3 is 14.8 Å². The maximum Gasteiger partial charge on any atom is 0.223 e. The molecule has 0 aromatic heterocycles. The van der Waals surface area contributed by atoms with Crippen molar-refractivity contribution in [1.29, 1.82) is 0 Å². The van der Waals surface area contributed by atoms with Crippen molar-refractivity contribution in [3.63, 3.8) is 0 Å². The standard InChI is InChI=1S/C30H37FN2O2.C2H6.CH2O/c1-23(8-7-9-30(34)32-19-18-26-12-16-29(31)17-13-26)24(2)35-25(3)28-14-10-27(11-15-28)22-33-20-5-4-6-21-33;2*1-2/h7-8,10-17H,3-6,9,18-22H2,1-2H3,(H,32,34);1-2H3;1H2/b8-7+,24-23+;;. The summed E-state index contributed by atoms with van der Waals surface area (Å²) in [6, 6.07) is 14.8. The lowest BCUT2D eigenvalue weighted by molar-refractivity contribution is -0.120. The van der Waals surface area contributed by atoms with Gasteiger partial charge in [0.2, 0.25) is 5.91 Å². The number of hydrogen-bond acceptors (Lipinski definition) is 4. The zero-order valence-corrected chi connectivity index (χ0v) is 24.1. The number of piperidine rings is 1. The van der Waals surface area contributed by atoms with Crippen LogP contribution >= 0.6 is 0 Å². The van der Waals surface area contributed by atoms with Crippen LogP contribution in [0.15, 0.2) is 78.6 Å². The Morgan fingerprint density at radius 2 is 1.56 bits per heavy atom.